The Labute approximate surface area is 205 Å². The molecule has 1 unspecified atom stereocenters. The molecule has 2 aromatic carbocycles. The van der Waals surface area contributed by atoms with Crippen LogP contribution in [0.4, 0.5) is 4.39 Å². The predicted octanol–water partition coefficient (Wildman–Crippen LogP) is 3.43. The molecular weight excluding hydrogens is 481 g/mol. The number of sulfonamides is 1. The van der Waals surface area contributed by atoms with E-state index in [2.05, 4.69) is 15.4 Å². The lowest BCUT2D eigenvalue weighted by Crippen LogP contribution is -2.48. The first-order chi connectivity index (χ1) is 16.1. The SMILES string of the molecule is CC(C)CC(NC(=O)CCc1ccccc1)C(=O)NCCCNS(=O)(=O)c1ccc(F)cc1Cl. The first-order valence-corrected chi connectivity index (χ1v) is 13.0. The minimum atomic E-state index is -3.90. The van der Waals surface area contributed by atoms with Crippen LogP contribution in [0.15, 0.2) is 53.4 Å². The molecule has 2 rings (SSSR count). The van der Waals surface area contributed by atoms with Crippen LogP contribution in [0.25, 0.3) is 0 Å². The van der Waals surface area contributed by atoms with Gasteiger partial charge in [-0.2, -0.15) is 0 Å². The maximum Gasteiger partial charge on any atom is 0.242 e. The van der Waals surface area contributed by atoms with Crippen LogP contribution in [0.5, 0.6) is 0 Å². The van der Waals surface area contributed by atoms with Gasteiger partial charge in [0.25, 0.3) is 0 Å². The highest BCUT2D eigenvalue weighted by Gasteiger charge is 2.22. The molecule has 0 spiro atoms. The standard InChI is InChI=1S/C24H31ClFN3O4S/c1-17(2)15-21(29-23(30)12-9-18-7-4-3-5-8-18)24(31)27-13-6-14-28-34(32,33)22-11-10-19(26)16-20(22)25/h3-5,7-8,10-11,16-17,21,28H,6,9,12-15H2,1-2H3,(H,27,31)(H,29,30). The molecule has 0 aliphatic heterocycles. The monoisotopic (exact) mass is 511 g/mol. The summed E-state index contributed by atoms with van der Waals surface area (Å²) in [6, 6.07) is 12.0. The topological polar surface area (TPSA) is 104 Å². The molecule has 2 amide bonds. The van der Waals surface area contributed by atoms with Crippen LogP contribution in [-0.2, 0) is 26.0 Å². The van der Waals surface area contributed by atoms with Gasteiger partial charge in [-0.3, -0.25) is 9.59 Å². The molecule has 186 valence electrons. The molecule has 2 aromatic rings. The van der Waals surface area contributed by atoms with E-state index in [0.717, 1.165) is 23.8 Å². The number of rotatable bonds is 13. The largest absolute Gasteiger partial charge is 0.354 e. The maximum atomic E-state index is 13.1. The summed E-state index contributed by atoms with van der Waals surface area (Å²) < 4.78 is 40.2. The van der Waals surface area contributed by atoms with Gasteiger partial charge in [-0.1, -0.05) is 55.8 Å². The van der Waals surface area contributed by atoms with E-state index in [4.69, 9.17) is 11.6 Å². The molecule has 0 radical (unpaired) electrons. The van der Waals surface area contributed by atoms with E-state index >= 15 is 0 Å². The van der Waals surface area contributed by atoms with Crippen molar-refractivity contribution in [2.45, 2.75) is 50.5 Å². The van der Waals surface area contributed by atoms with Crippen molar-refractivity contribution in [3.8, 4) is 0 Å². The second-order valence-corrected chi connectivity index (χ2v) is 10.5. The van der Waals surface area contributed by atoms with Crippen molar-refractivity contribution in [2.75, 3.05) is 13.1 Å². The number of halogens is 2. The van der Waals surface area contributed by atoms with E-state index in [-0.39, 0.29) is 47.2 Å². The van der Waals surface area contributed by atoms with Gasteiger partial charge in [0.2, 0.25) is 21.8 Å². The number of hydrogen-bond donors (Lipinski definition) is 3. The van der Waals surface area contributed by atoms with E-state index in [1.54, 1.807) is 0 Å². The second kappa shape index (κ2) is 13.4. The van der Waals surface area contributed by atoms with Crippen LogP contribution in [0.1, 0.15) is 38.7 Å². The summed E-state index contributed by atoms with van der Waals surface area (Å²) in [6.45, 7) is 4.19. The van der Waals surface area contributed by atoms with Crippen molar-refractivity contribution in [3.05, 3.63) is 64.9 Å². The number of aryl methyl sites for hydroxylation is 1. The van der Waals surface area contributed by atoms with Crippen molar-refractivity contribution in [1.29, 1.82) is 0 Å². The zero-order valence-corrected chi connectivity index (χ0v) is 20.9. The number of hydrogen-bond acceptors (Lipinski definition) is 4. The Kier molecular flexibility index (Phi) is 10.9. The van der Waals surface area contributed by atoms with Gasteiger partial charge in [0, 0.05) is 19.5 Å². The average molecular weight is 512 g/mol. The average Bonchev–Trinajstić information content (AvgIpc) is 2.77. The van der Waals surface area contributed by atoms with Gasteiger partial charge in [0.05, 0.1) is 5.02 Å². The highest BCUT2D eigenvalue weighted by Crippen LogP contribution is 2.21. The van der Waals surface area contributed by atoms with Crippen molar-refractivity contribution in [3.63, 3.8) is 0 Å². The number of nitrogens with one attached hydrogen (secondary N) is 3. The zero-order valence-electron chi connectivity index (χ0n) is 19.3. The Morgan fingerprint density at radius 1 is 1.06 bits per heavy atom. The minimum absolute atomic E-state index is 0.0502. The molecular formula is C24H31ClFN3O4S. The van der Waals surface area contributed by atoms with Gasteiger partial charge in [-0.05, 0) is 48.9 Å². The van der Waals surface area contributed by atoms with Crippen LogP contribution < -0.4 is 15.4 Å². The Bertz CT molecular complexity index is 1070. The zero-order chi connectivity index (χ0) is 25.1. The summed E-state index contributed by atoms with van der Waals surface area (Å²) in [5.41, 5.74) is 1.05. The fourth-order valence-electron chi connectivity index (χ4n) is 3.27. The van der Waals surface area contributed by atoms with Gasteiger partial charge in [-0.15, -0.1) is 0 Å². The molecule has 0 fully saturated rings. The summed E-state index contributed by atoms with van der Waals surface area (Å²) in [4.78, 5) is 24.8. The molecule has 0 saturated carbocycles. The van der Waals surface area contributed by atoms with E-state index in [1.165, 1.54) is 0 Å². The number of carbonyl (C=O) groups is 2. The lowest BCUT2D eigenvalue weighted by Gasteiger charge is -2.20. The van der Waals surface area contributed by atoms with Crippen molar-refractivity contribution < 1.29 is 22.4 Å². The number of benzene rings is 2. The lowest BCUT2D eigenvalue weighted by molar-refractivity contribution is -0.129. The Morgan fingerprint density at radius 2 is 1.76 bits per heavy atom. The predicted molar refractivity (Wildman–Crippen MR) is 130 cm³/mol. The molecule has 10 heteroatoms. The van der Waals surface area contributed by atoms with Gasteiger partial charge in [0.15, 0.2) is 0 Å². The van der Waals surface area contributed by atoms with Crippen LogP contribution in [0.3, 0.4) is 0 Å². The molecule has 7 nitrogen and oxygen atoms in total. The molecule has 0 aromatic heterocycles. The van der Waals surface area contributed by atoms with E-state index in [9.17, 15) is 22.4 Å². The quantitative estimate of drug-likeness (QED) is 0.358. The fourth-order valence-corrected chi connectivity index (χ4v) is 4.88. The third-order valence-electron chi connectivity index (χ3n) is 4.97. The summed E-state index contributed by atoms with van der Waals surface area (Å²) in [6.07, 6.45) is 1.67. The van der Waals surface area contributed by atoms with Crippen molar-refractivity contribution in [1.82, 2.24) is 15.4 Å². The van der Waals surface area contributed by atoms with Crippen LogP contribution >= 0.6 is 11.6 Å². The van der Waals surface area contributed by atoms with Crippen LogP contribution in [0, 0.1) is 11.7 Å². The normalized spacial score (nSPS) is 12.4. The molecule has 0 heterocycles. The second-order valence-electron chi connectivity index (χ2n) is 8.35. The Balaban J connectivity index is 1.79. The summed E-state index contributed by atoms with van der Waals surface area (Å²) in [5, 5.41) is 5.35. The summed E-state index contributed by atoms with van der Waals surface area (Å²) >= 11 is 5.82. The van der Waals surface area contributed by atoms with Gasteiger partial charge >= 0.3 is 0 Å². The summed E-state index contributed by atoms with van der Waals surface area (Å²) in [5.74, 6) is -0.952. The first kappa shape index (κ1) is 27.8. The van der Waals surface area contributed by atoms with Gasteiger partial charge in [0.1, 0.15) is 16.8 Å². The molecule has 0 saturated heterocycles. The third kappa shape index (κ3) is 9.40. The van der Waals surface area contributed by atoms with Crippen LogP contribution in [-0.4, -0.2) is 39.4 Å². The van der Waals surface area contributed by atoms with Crippen molar-refractivity contribution in [2.24, 2.45) is 5.92 Å². The molecule has 3 N–H and O–H groups in total. The number of carbonyl (C=O) groups excluding carboxylic acids is 2. The van der Waals surface area contributed by atoms with E-state index in [1.807, 2.05) is 44.2 Å². The lowest BCUT2D eigenvalue weighted by atomic mass is 10.0. The highest BCUT2D eigenvalue weighted by atomic mass is 35.5. The molecule has 1 atom stereocenters. The third-order valence-corrected chi connectivity index (χ3v) is 6.91. The van der Waals surface area contributed by atoms with E-state index < -0.39 is 21.9 Å². The Hall–Kier alpha value is -2.49. The Morgan fingerprint density at radius 3 is 2.41 bits per heavy atom. The van der Waals surface area contributed by atoms with Crippen molar-refractivity contribution >= 4 is 33.4 Å². The first-order valence-electron chi connectivity index (χ1n) is 11.1. The molecule has 0 bridgehead atoms. The van der Waals surface area contributed by atoms with Gasteiger partial charge in [-0.25, -0.2) is 17.5 Å². The van der Waals surface area contributed by atoms with Crippen LogP contribution in [0.2, 0.25) is 5.02 Å². The summed E-state index contributed by atoms with van der Waals surface area (Å²) in [7, 11) is -3.90. The highest BCUT2D eigenvalue weighted by molar-refractivity contribution is 7.89. The molecule has 0 aliphatic carbocycles. The molecule has 0 aliphatic rings. The number of amides is 2. The smallest absolute Gasteiger partial charge is 0.242 e. The molecule has 34 heavy (non-hydrogen) atoms. The minimum Gasteiger partial charge on any atom is -0.354 e. The van der Waals surface area contributed by atoms with Gasteiger partial charge < -0.3 is 10.6 Å². The maximum absolute atomic E-state index is 13.1. The fraction of sp³-hybridized carbons (Fsp3) is 0.417. The van der Waals surface area contributed by atoms with E-state index in [0.29, 0.717) is 19.3 Å².